The van der Waals surface area contributed by atoms with Gasteiger partial charge in [-0.15, -0.1) is 0 Å². The predicted molar refractivity (Wildman–Crippen MR) is 74.0 cm³/mol. The molecule has 3 heterocycles. The van der Waals surface area contributed by atoms with Gasteiger partial charge in [-0.3, -0.25) is 14.5 Å². The van der Waals surface area contributed by atoms with E-state index in [1.807, 2.05) is 33.0 Å². The zero-order valence-electron chi connectivity index (χ0n) is 12.2. The van der Waals surface area contributed by atoms with E-state index >= 15 is 0 Å². The summed E-state index contributed by atoms with van der Waals surface area (Å²) in [4.78, 5) is 30.2. The first-order valence-electron chi connectivity index (χ1n) is 7.05. The third-order valence-corrected chi connectivity index (χ3v) is 4.89. The molecule has 2 unspecified atom stereocenters. The minimum atomic E-state index is -0.155. The molecule has 1 saturated carbocycles. The number of carbonyl (C=O) groups is 2. The minimum absolute atomic E-state index is 0.0342. The van der Waals surface area contributed by atoms with Crippen molar-refractivity contribution in [2.24, 2.45) is 17.3 Å². The smallest absolute Gasteiger partial charge is 0.233 e. The zero-order chi connectivity index (χ0) is 14.9. The van der Waals surface area contributed by atoms with Gasteiger partial charge in [-0.05, 0) is 24.0 Å². The summed E-state index contributed by atoms with van der Waals surface area (Å²) in [6.07, 6.45) is 3.34. The van der Waals surface area contributed by atoms with E-state index in [0.29, 0.717) is 6.54 Å². The van der Waals surface area contributed by atoms with E-state index in [0.717, 1.165) is 16.8 Å². The van der Waals surface area contributed by atoms with Crippen LogP contribution in [0.5, 0.6) is 0 Å². The van der Waals surface area contributed by atoms with Crippen LogP contribution in [0.25, 0.3) is 5.52 Å². The van der Waals surface area contributed by atoms with Crippen LogP contribution in [0.3, 0.4) is 0 Å². The second-order valence-corrected chi connectivity index (χ2v) is 6.56. The zero-order valence-corrected chi connectivity index (χ0v) is 12.2. The van der Waals surface area contributed by atoms with Crippen LogP contribution in [0.4, 0.5) is 0 Å². The van der Waals surface area contributed by atoms with E-state index in [2.05, 4.69) is 10.1 Å². The number of aryl methyl sites for hydroxylation is 1. The summed E-state index contributed by atoms with van der Waals surface area (Å²) < 4.78 is 1.73. The number of hydrogen-bond acceptors (Lipinski definition) is 4. The first-order valence-corrected chi connectivity index (χ1v) is 7.05. The molecule has 0 spiro atoms. The van der Waals surface area contributed by atoms with Crippen molar-refractivity contribution in [2.75, 3.05) is 0 Å². The maximum Gasteiger partial charge on any atom is 0.233 e. The standard InChI is InChI=1S/C15H16N4O2/c1-8-10-4-9(6-19(10)17-7-16-8)5-18-13(20)11-12(14(18)21)15(11,2)3/h4,6-7,11-12H,5H2,1-3H3. The van der Waals surface area contributed by atoms with Gasteiger partial charge in [0.05, 0.1) is 29.6 Å². The second kappa shape index (κ2) is 3.69. The van der Waals surface area contributed by atoms with Gasteiger partial charge in [0, 0.05) is 6.20 Å². The summed E-state index contributed by atoms with van der Waals surface area (Å²) in [7, 11) is 0. The molecule has 2 atom stereocenters. The van der Waals surface area contributed by atoms with Gasteiger partial charge in [0.1, 0.15) is 6.33 Å². The van der Waals surface area contributed by atoms with E-state index in [1.165, 1.54) is 11.2 Å². The second-order valence-electron chi connectivity index (χ2n) is 6.56. The van der Waals surface area contributed by atoms with Crippen molar-refractivity contribution in [3.8, 4) is 0 Å². The van der Waals surface area contributed by atoms with Crippen molar-refractivity contribution in [1.29, 1.82) is 0 Å². The highest BCUT2D eigenvalue weighted by atomic mass is 16.2. The molecule has 2 aromatic rings. The number of hydrogen-bond donors (Lipinski definition) is 0. The third kappa shape index (κ3) is 1.53. The third-order valence-electron chi connectivity index (χ3n) is 4.89. The number of nitrogens with zero attached hydrogens (tertiary/aromatic N) is 4. The molecular weight excluding hydrogens is 268 g/mol. The van der Waals surface area contributed by atoms with Crippen LogP contribution >= 0.6 is 0 Å². The summed E-state index contributed by atoms with van der Waals surface area (Å²) in [5.74, 6) is -0.312. The summed E-state index contributed by atoms with van der Waals surface area (Å²) >= 11 is 0. The molecule has 108 valence electrons. The lowest BCUT2D eigenvalue weighted by Gasteiger charge is -2.19. The molecule has 0 bridgehead atoms. The molecule has 1 saturated heterocycles. The molecule has 0 aromatic carbocycles. The van der Waals surface area contributed by atoms with Crippen molar-refractivity contribution in [3.05, 3.63) is 29.8 Å². The molecule has 6 heteroatoms. The van der Waals surface area contributed by atoms with Crippen LogP contribution in [0.15, 0.2) is 18.6 Å². The Bertz CT molecular complexity index is 768. The molecule has 4 rings (SSSR count). The Hall–Kier alpha value is -2.24. The van der Waals surface area contributed by atoms with Crippen molar-refractivity contribution >= 4 is 17.3 Å². The number of aromatic nitrogens is 3. The van der Waals surface area contributed by atoms with Crippen molar-refractivity contribution in [2.45, 2.75) is 27.3 Å². The fourth-order valence-corrected chi connectivity index (χ4v) is 3.53. The number of fused-ring (bicyclic) bond motifs is 2. The average Bonchev–Trinajstić information content (AvgIpc) is 2.71. The average molecular weight is 284 g/mol. The fourth-order valence-electron chi connectivity index (χ4n) is 3.53. The van der Waals surface area contributed by atoms with E-state index in [9.17, 15) is 9.59 Å². The fraction of sp³-hybridized carbons (Fsp3) is 0.467. The van der Waals surface area contributed by atoms with Gasteiger partial charge < -0.3 is 0 Å². The lowest BCUT2D eigenvalue weighted by Crippen LogP contribution is -2.35. The monoisotopic (exact) mass is 284 g/mol. The Morgan fingerprint density at radius 2 is 1.90 bits per heavy atom. The normalized spacial score (nSPS) is 26.5. The topological polar surface area (TPSA) is 67.6 Å². The van der Waals surface area contributed by atoms with Crippen LogP contribution in [0.1, 0.15) is 25.1 Å². The van der Waals surface area contributed by atoms with Crippen LogP contribution < -0.4 is 0 Å². The molecule has 2 amide bonds. The largest absolute Gasteiger partial charge is 0.278 e. The van der Waals surface area contributed by atoms with E-state index < -0.39 is 0 Å². The van der Waals surface area contributed by atoms with Crippen molar-refractivity contribution < 1.29 is 9.59 Å². The van der Waals surface area contributed by atoms with Crippen LogP contribution in [-0.4, -0.2) is 31.3 Å². The van der Waals surface area contributed by atoms with Gasteiger partial charge in [0.25, 0.3) is 0 Å². The number of piperidine rings is 1. The summed E-state index contributed by atoms with van der Waals surface area (Å²) in [5, 5.41) is 4.14. The number of rotatable bonds is 2. The van der Waals surface area contributed by atoms with E-state index in [1.54, 1.807) is 4.52 Å². The molecule has 1 aliphatic heterocycles. The molecule has 0 N–H and O–H groups in total. The molecule has 2 aromatic heterocycles. The molecule has 0 radical (unpaired) electrons. The van der Waals surface area contributed by atoms with E-state index in [4.69, 9.17) is 0 Å². The number of carbonyl (C=O) groups excluding carboxylic acids is 2. The van der Waals surface area contributed by atoms with Gasteiger partial charge in [-0.1, -0.05) is 13.8 Å². The Morgan fingerprint density at radius 1 is 1.24 bits per heavy atom. The van der Waals surface area contributed by atoms with Crippen LogP contribution in [0, 0.1) is 24.2 Å². The SMILES string of the molecule is Cc1ncnn2cc(CN3C(=O)C4C(C3=O)C4(C)C)cc12. The first kappa shape index (κ1) is 12.5. The van der Waals surface area contributed by atoms with Gasteiger partial charge in [-0.25, -0.2) is 9.50 Å². The Kier molecular flexibility index (Phi) is 2.20. The molecule has 21 heavy (non-hydrogen) atoms. The highest BCUT2D eigenvalue weighted by Gasteiger charge is 2.72. The van der Waals surface area contributed by atoms with E-state index in [-0.39, 0.29) is 29.1 Å². The number of imide groups is 1. The molecule has 6 nitrogen and oxygen atoms in total. The molecule has 1 aliphatic carbocycles. The maximum absolute atomic E-state index is 12.3. The Labute approximate surface area is 121 Å². The Balaban J connectivity index is 1.63. The number of amides is 2. The predicted octanol–water partition coefficient (Wildman–Crippen LogP) is 1.18. The Morgan fingerprint density at radius 3 is 2.52 bits per heavy atom. The van der Waals surface area contributed by atoms with Gasteiger partial charge >= 0.3 is 0 Å². The molecule has 2 fully saturated rings. The quantitative estimate of drug-likeness (QED) is 0.777. The van der Waals surface area contributed by atoms with Crippen LogP contribution in [-0.2, 0) is 16.1 Å². The summed E-state index contributed by atoms with van der Waals surface area (Å²) in [5.41, 5.74) is 2.52. The highest BCUT2D eigenvalue weighted by molar-refractivity contribution is 6.10. The van der Waals surface area contributed by atoms with Crippen molar-refractivity contribution in [3.63, 3.8) is 0 Å². The van der Waals surface area contributed by atoms with Gasteiger partial charge in [0.15, 0.2) is 0 Å². The molecular formula is C15H16N4O2. The van der Waals surface area contributed by atoms with Crippen LogP contribution in [0.2, 0.25) is 0 Å². The minimum Gasteiger partial charge on any atom is -0.278 e. The number of likely N-dealkylation sites (tertiary alicyclic amines) is 1. The lowest BCUT2D eigenvalue weighted by molar-refractivity contribution is -0.143. The lowest BCUT2D eigenvalue weighted by atomic mass is 10.1. The first-order chi connectivity index (χ1) is 9.91. The van der Waals surface area contributed by atoms with Crippen molar-refractivity contribution in [1.82, 2.24) is 19.5 Å². The summed E-state index contributed by atoms with van der Waals surface area (Å²) in [6, 6.07) is 1.94. The highest BCUT2D eigenvalue weighted by Crippen LogP contribution is 2.63. The summed E-state index contributed by atoms with van der Waals surface area (Å²) in [6.45, 7) is 6.20. The maximum atomic E-state index is 12.3. The van der Waals surface area contributed by atoms with Gasteiger partial charge in [0.2, 0.25) is 11.8 Å². The van der Waals surface area contributed by atoms with Gasteiger partial charge in [-0.2, -0.15) is 5.10 Å². The molecule has 2 aliphatic rings.